The monoisotopic (exact) mass is 221 g/mol. The molecule has 0 radical (unpaired) electrons. The van der Waals surface area contributed by atoms with Crippen molar-refractivity contribution < 1.29 is 4.79 Å². The lowest BCUT2D eigenvalue weighted by molar-refractivity contribution is -0.122. The van der Waals surface area contributed by atoms with Crippen molar-refractivity contribution in [3.8, 4) is 0 Å². The van der Waals surface area contributed by atoms with Crippen molar-refractivity contribution in [1.82, 2.24) is 15.1 Å². The van der Waals surface area contributed by atoms with Crippen LogP contribution in [0.4, 0.5) is 0 Å². The Bertz CT molecular complexity index is 378. The summed E-state index contributed by atoms with van der Waals surface area (Å²) in [6, 6.07) is 2.38. The molecular formula is C12H19N3O. The Labute approximate surface area is 96.0 Å². The summed E-state index contributed by atoms with van der Waals surface area (Å²) >= 11 is 0. The van der Waals surface area contributed by atoms with E-state index >= 15 is 0 Å². The number of amides is 1. The normalized spacial score (nSPS) is 16.6. The molecule has 1 amide bonds. The topological polar surface area (TPSA) is 46.9 Å². The van der Waals surface area contributed by atoms with Crippen LogP contribution in [0.3, 0.4) is 0 Å². The van der Waals surface area contributed by atoms with Crippen molar-refractivity contribution in [2.45, 2.75) is 52.1 Å². The summed E-state index contributed by atoms with van der Waals surface area (Å²) in [6.45, 7) is 4.26. The maximum absolute atomic E-state index is 11.8. The summed E-state index contributed by atoms with van der Waals surface area (Å²) in [4.78, 5) is 11.8. The summed E-state index contributed by atoms with van der Waals surface area (Å²) in [6.07, 6.45) is 4.74. The van der Waals surface area contributed by atoms with Gasteiger partial charge in [0.1, 0.15) is 6.54 Å². The zero-order valence-corrected chi connectivity index (χ0v) is 9.99. The van der Waals surface area contributed by atoms with Crippen molar-refractivity contribution in [3.05, 3.63) is 17.5 Å². The number of aryl methyl sites for hydroxylation is 2. The molecule has 2 rings (SSSR count). The predicted molar refractivity (Wildman–Crippen MR) is 62.1 cm³/mol. The van der Waals surface area contributed by atoms with Crippen molar-refractivity contribution in [3.63, 3.8) is 0 Å². The van der Waals surface area contributed by atoms with Gasteiger partial charge in [0.25, 0.3) is 0 Å². The van der Waals surface area contributed by atoms with Gasteiger partial charge in [-0.15, -0.1) is 0 Å². The van der Waals surface area contributed by atoms with E-state index in [-0.39, 0.29) is 5.91 Å². The SMILES string of the molecule is Cc1cc(C)n(CC(=O)NC2CCCC2)n1. The Morgan fingerprint density at radius 3 is 2.75 bits per heavy atom. The third kappa shape index (κ3) is 2.62. The molecule has 0 saturated heterocycles. The van der Waals surface area contributed by atoms with E-state index in [0.717, 1.165) is 24.2 Å². The van der Waals surface area contributed by atoms with Crippen LogP contribution >= 0.6 is 0 Å². The fourth-order valence-electron chi connectivity index (χ4n) is 2.31. The molecule has 1 fully saturated rings. The molecule has 1 aromatic heterocycles. The third-order valence-electron chi connectivity index (χ3n) is 3.12. The highest BCUT2D eigenvalue weighted by atomic mass is 16.2. The van der Waals surface area contributed by atoms with Gasteiger partial charge in [0.05, 0.1) is 5.69 Å². The van der Waals surface area contributed by atoms with E-state index in [1.165, 1.54) is 12.8 Å². The van der Waals surface area contributed by atoms with Crippen LogP contribution in [0.5, 0.6) is 0 Å². The minimum atomic E-state index is 0.0816. The zero-order valence-electron chi connectivity index (χ0n) is 9.99. The van der Waals surface area contributed by atoms with E-state index in [1.54, 1.807) is 4.68 Å². The molecule has 1 heterocycles. The number of nitrogens with zero attached hydrogens (tertiary/aromatic N) is 2. The van der Waals surface area contributed by atoms with E-state index in [9.17, 15) is 4.79 Å². The summed E-state index contributed by atoms with van der Waals surface area (Å²) < 4.78 is 1.76. The number of hydrogen-bond donors (Lipinski definition) is 1. The van der Waals surface area contributed by atoms with E-state index < -0.39 is 0 Å². The van der Waals surface area contributed by atoms with Gasteiger partial charge in [-0.3, -0.25) is 9.48 Å². The van der Waals surface area contributed by atoms with E-state index in [4.69, 9.17) is 0 Å². The molecule has 1 saturated carbocycles. The minimum Gasteiger partial charge on any atom is -0.352 e. The van der Waals surface area contributed by atoms with Crippen LogP contribution in [-0.2, 0) is 11.3 Å². The smallest absolute Gasteiger partial charge is 0.241 e. The van der Waals surface area contributed by atoms with Gasteiger partial charge in [-0.05, 0) is 32.8 Å². The molecule has 1 aliphatic rings. The molecular weight excluding hydrogens is 202 g/mol. The van der Waals surface area contributed by atoms with Crippen molar-refractivity contribution in [1.29, 1.82) is 0 Å². The fourth-order valence-corrected chi connectivity index (χ4v) is 2.31. The fraction of sp³-hybridized carbons (Fsp3) is 0.667. The Hall–Kier alpha value is -1.32. The maximum atomic E-state index is 11.8. The number of rotatable bonds is 3. The predicted octanol–water partition coefficient (Wildman–Crippen LogP) is 1.56. The molecule has 4 heteroatoms. The van der Waals surface area contributed by atoms with Gasteiger partial charge in [0.2, 0.25) is 5.91 Å². The standard InChI is InChI=1S/C12H19N3O/c1-9-7-10(2)15(14-9)8-12(16)13-11-5-3-4-6-11/h7,11H,3-6,8H2,1-2H3,(H,13,16). The van der Waals surface area contributed by atoms with Gasteiger partial charge in [-0.25, -0.2) is 0 Å². The lowest BCUT2D eigenvalue weighted by Crippen LogP contribution is -2.35. The number of aromatic nitrogens is 2. The van der Waals surface area contributed by atoms with Crippen molar-refractivity contribution in [2.24, 2.45) is 0 Å². The van der Waals surface area contributed by atoms with Crippen molar-refractivity contribution in [2.75, 3.05) is 0 Å². The van der Waals surface area contributed by atoms with Crippen LogP contribution in [0.1, 0.15) is 37.1 Å². The molecule has 4 nitrogen and oxygen atoms in total. The lowest BCUT2D eigenvalue weighted by Gasteiger charge is -2.12. The highest BCUT2D eigenvalue weighted by Gasteiger charge is 2.17. The van der Waals surface area contributed by atoms with Crippen LogP contribution in [0.15, 0.2) is 6.07 Å². The van der Waals surface area contributed by atoms with Crippen LogP contribution in [0, 0.1) is 13.8 Å². The van der Waals surface area contributed by atoms with Gasteiger partial charge >= 0.3 is 0 Å². The lowest BCUT2D eigenvalue weighted by atomic mass is 10.2. The average Bonchev–Trinajstić information content (AvgIpc) is 2.78. The molecule has 0 unspecified atom stereocenters. The van der Waals surface area contributed by atoms with Crippen LogP contribution in [0.25, 0.3) is 0 Å². The highest BCUT2D eigenvalue weighted by Crippen LogP contribution is 2.17. The molecule has 16 heavy (non-hydrogen) atoms. The number of carbonyl (C=O) groups excluding carboxylic acids is 1. The molecule has 0 aromatic carbocycles. The summed E-state index contributed by atoms with van der Waals surface area (Å²) in [5, 5.41) is 7.34. The first-order valence-corrected chi connectivity index (χ1v) is 5.95. The molecule has 88 valence electrons. The number of nitrogens with one attached hydrogen (secondary N) is 1. The van der Waals surface area contributed by atoms with Crippen LogP contribution in [0.2, 0.25) is 0 Å². The number of carbonyl (C=O) groups is 1. The quantitative estimate of drug-likeness (QED) is 0.842. The molecule has 1 aromatic rings. The summed E-state index contributed by atoms with van der Waals surface area (Å²) in [7, 11) is 0. The first-order valence-electron chi connectivity index (χ1n) is 5.95. The van der Waals surface area contributed by atoms with Gasteiger partial charge in [-0.1, -0.05) is 12.8 Å². The molecule has 0 aliphatic heterocycles. The second kappa shape index (κ2) is 4.68. The molecule has 0 spiro atoms. The second-order valence-electron chi connectivity index (χ2n) is 4.63. The van der Waals surface area contributed by atoms with Gasteiger partial charge in [0.15, 0.2) is 0 Å². The van der Waals surface area contributed by atoms with Crippen LogP contribution in [-0.4, -0.2) is 21.7 Å². The second-order valence-corrected chi connectivity index (χ2v) is 4.63. The molecule has 1 N–H and O–H groups in total. The van der Waals surface area contributed by atoms with Gasteiger partial charge in [0, 0.05) is 11.7 Å². The van der Waals surface area contributed by atoms with E-state index in [1.807, 2.05) is 19.9 Å². The molecule has 0 atom stereocenters. The highest BCUT2D eigenvalue weighted by molar-refractivity contribution is 5.76. The Kier molecular flexibility index (Phi) is 3.27. The molecule has 1 aliphatic carbocycles. The maximum Gasteiger partial charge on any atom is 0.241 e. The van der Waals surface area contributed by atoms with Gasteiger partial charge in [-0.2, -0.15) is 5.10 Å². The number of hydrogen-bond acceptors (Lipinski definition) is 2. The van der Waals surface area contributed by atoms with Gasteiger partial charge < -0.3 is 5.32 Å². The average molecular weight is 221 g/mol. The Morgan fingerprint density at radius 2 is 2.19 bits per heavy atom. The Balaban J connectivity index is 1.89. The summed E-state index contributed by atoms with van der Waals surface area (Å²) in [5.74, 6) is 0.0816. The third-order valence-corrected chi connectivity index (χ3v) is 3.12. The molecule has 0 bridgehead atoms. The zero-order chi connectivity index (χ0) is 11.5. The Morgan fingerprint density at radius 1 is 1.50 bits per heavy atom. The van der Waals surface area contributed by atoms with E-state index in [2.05, 4.69) is 10.4 Å². The van der Waals surface area contributed by atoms with Crippen LogP contribution < -0.4 is 5.32 Å². The largest absolute Gasteiger partial charge is 0.352 e. The first-order chi connectivity index (χ1) is 7.65. The summed E-state index contributed by atoms with van der Waals surface area (Å²) in [5.41, 5.74) is 2.00. The minimum absolute atomic E-state index is 0.0816. The van der Waals surface area contributed by atoms with Crippen molar-refractivity contribution >= 4 is 5.91 Å². The first kappa shape index (κ1) is 11.2. The van der Waals surface area contributed by atoms with E-state index in [0.29, 0.717) is 12.6 Å².